The smallest absolute Gasteiger partial charge is 0.333 e. The summed E-state index contributed by atoms with van der Waals surface area (Å²) >= 11 is 6.34. The molecule has 0 aliphatic rings. The maximum Gasteiger partial charge on any atom is 0.333 e. The van der Waals surface area contributed by atoms with Gasteiger partial charge in [0.1, 0.15) is 0 Å². The minimum atomic E-state index is -1.28. The molecule has 0 radical (unpaired) electrons. The van der Waals surface area contributed by atoms with E-state index in [1.54, 1.807) is 6.92 Å². The van der Waals surface area contributed by atoms with Crippen molar-refractivity contribution in [3.63, 3.8) is 0 Å². The van der Waals surface area contributed by atoms with Crippen LogP contribution in [0.4, 0.5) is 0 Å². The second-order valence-electron chi connectivity index (χ2n) is 4.03. The van der Waals surface area contributed by atoms with Gasteiger partial charge in [-0.15, -0.1) is 0 Å². The lowest BCUT2D eigenvalue weighted by Gasteiger charge is -2.19. The fraction of sp³-hybridized carbons (Fsp3) is 0.857. The summed E-state index contributed by atoms with van der Waals surface area (Å²) < 4.78 is 4.36. The molecule has 0 bridgehead atoms. The van der Waals surface area contributed by atoms with E-state index in [0.29, 0.717) is 6.23 Å². The number of rotatable bonds is 3. The summed E-state index contributed by atoms with van der Waals surface area (Å²) in [6.45, 7) is 8.17. The SMILES string of the molecule is CC(Br)(Br)C(=O)OC[Si](C)(C)C. The van der Waals surface area contributed by atoms with Crippen LogP contribution in [0, 0.1) is 0 Å². The van der Waals surface area contributed by atoms with Gasteiger partial charge in [-0.25, -0.2) is 4.79 Å². The molecule has 72 valence electrons. The third-order valence-electron chi connectivity index (χ3n) is 0.995. The van der Waals surface area contributed by atoms with Gasteiger partial charge in [-0.3, -0.25) is 0 Å². The molecule has 0 aromatic rings. The zero-order valence-electron chi connectivity index (χ0n) is 7.78. The summed E-state index contributed by atoms with van der Waals surface area (Å²) in [7, 11) is -1.28. The standard InChI is InChI=1S/C7H14Br2O2Si/c1-7(8,9)6(10)11-5-12(2,3)4/h5H2,1-4H3. The van der Waals surface area contributed by atoms with E-state index in [0.717, 1.165) is 0 Å². The number of carbonyl (C=O) groups excluding carboxylic acids is 1. The van der Waals surface area contributed by atoms with E-state index in [-0.39, 0.29) is 5.97 Å². The summed E-state index contributed by atoms with van der Waals surface area (Å²) in [6, 6.07) is 0. The fourth-order valence-electron chi connectivity index (χ4n) is 0.409. The van der Waals surface area contributed by atoms with Gasteiger partial charge in [-0.2, -0.15) is 0 Å². The van der Waals surface area contributed by atoms with Crippen molar-refractivity contribution < 1.29 is 9.53 Å². The predicted molar refractivity (Wildman–Crippen MR) is 60.6 cm³/mol. The van der Waals surface area contributed by atoms with E-state index in [1.807, 2.05) is 0 Å². The van der Waals surface area contributed by atoms with Crippen LogP contribution in [-0.2, 0) is 9.53 Å². The highest BCUT2D eigenvalue weighted by molar-refractivity contribution is 9.25. The van der Waals surface area contributed by atoms with Gasteiger partial charge in [0.25, 0.3) is 0 Å². The number of carbonyl (C=O) groups is 1. The van der Waals surface area contributed by atoms with Gasteiger partial charge in [0, 0.05) is 0 Å². The van der Waals surface area contributed by atoms with E-state index in [9.17, 15) is 4.79 Å². The summed E-state index contributed by atoms with van der Waals surface area (Å²) in [5, 5.41) is 0. The molecule has 0 aromatic heterocycles. The van der Waals surface area contributed by atoms with E-state index >= 15 is 0 Å². The Morgan fingerprint density at radius 2 is 1.83 bits per heavy atom. The van der Waals surface area contributed by atoms with E-state index in [1.165, 1.54) is 0 Å². The monoisotopic (exact) mass is 316 g/mol. The number of esters is 1. The lowest BCUT2D eigenvalue weighted by atomic mass is 10.5. The zero-order chi connectivity index (χ0) is 9.99. The normalized spacial score (nSPS) is 12.8. The Kier molecular flexibility index (Phi) is 4.47. The van der Waals surface area contributed by atoms with Gasteiger partial charge in [-0.05, 0) is 6.92 Å². The summed E-state index contributed by atoms with van der Waals surface area (Å²) in [6.07, 6.45) is 0.568. The third-order valence-corrected chi connectivity index (χ3v) is 2.65. The summed E-state index contributed by atoms with van der Waals surface area (Å²) in [5.74, 6) is -0.259. The van der Waals surface area contributed by atoms with Gasteiger partial charge in [-0.1, -0.05) is 51.5 Å². The molecule has 0 heterocycles. The van der Waals surface area contributed by atoms with E-state index in [4.69, 9.17) is 4.74 Å². The first-order valence-corrected chi connectivity index (χ1v) is 8.97. The molecular weight excluding hydrogens is 304 g/mol. The quantitative estimate of drug-likeness (QED) is 0.454. The number of hydrogen-bond acceptors (Lipinski definition) is 2. The highest BCUT2D eigenvalue weighted by Crippen LogP contribution is 2.26. The van der Waals surface area contributed by atoms with Crippen LogP contribution in [0.3, 0.4) is 0 Å². The largest absolute Gasteiger partial charge is 0.468 e. The van der Waals surface area contributed by atoms with Crippen molar-refractivity contribution in [1.82, 2.24) is 0 Å². The summed E-state index contributed by atoms with van der Waals surface area (Å²) in [5.41, 5.74) is 0. The van der Waals surface area contributed by atoms with Crippen LogP contribution in [0.25, 0.3) is 0 Å². The number of halogens is 2. The highest BCUT2D eigenvalue weighted by Gasteiger charge is 2.29. The lowest BCUT2D eigenvalue weighted by Crippen LogP contribution is -2.33. The Morgan fingerprint density at radius 1 is 1.42 bits per heavy atom. The first-order chi connectivity index (χ1) is 5.13. The Bertz CT molecular complexity index is 169. The van der Waals surface area contributed by atoms with Crippen molar-refractivity contribution >= 4 is 45.9 Å². The maximum absolute atomic E-state index is 11.2. The average molecular weight is 318 g/mol. The van der Waals surface area contributed by atoms with Crippen LogP contribution >= 0.6 is 31.9 Å². The molecule has 0 saturated heterocycles. The minimum Gasteiger partial charge on any atom is -0.468 e. The van der Waals surface area contributed by atoms with Gasteiger partial charge >= 0.3 is 5.97 Å². The molecule has 0 aliphatic heterocycles. The van der Waals surface area contributed by atoms with Crippen LogP contribution in [0.15, 0.2) is 0 Å². The molecule has 0 N–H and O–H groups in total. The topological polar surface area (TPSA) is 26.3 Å². The lowest BCUT2D eigenvalue weighted by molar-refractivity contribution is -0.141. The Balaban J connectivity index is 3.90. The zero-order valence-corrected chi connectivity index (χ0v) is 12.0. The number of alkyl halides is 2. The molecule has 0 aliphatic carbocycles. The van der Waals surface area contributed by atoms with Crippen molar-refractivity contribution in [2.45, 2.75) is 29.8 Å². The third kappa shape index (κ3) is 6.19. The highest BCUT2D eigenvalue weighted by atomic mass is 79.9. The van der Waals surface area contributed by atoms with E-state index in [2.05, 4.69) is 51.5 Å². The molecule has 0 atom stereocenters. The molecular formula is C7H14Br2O2Si. The molecule has 0 amide bonds. The molecule has 0 rings (SSSR count). The molecule has 12 heavy (non-hydrogen) atoms. The Morgan fingerprint density at radius 3 is 2.08 bits per heavy atom. The van der Waals surface area contributed by atoms with Crippen LogP contribution in [0.5, 0.6) is 0 Å². The molecule has 0 saturated carbocycles. The first-order valence-electron chi connectivity index (χ1n) is 3.68. The number of hydrogen-bond donors (Lipinski definition) is 0. The summed E-state index contributed by atoms with van der Waals surface area (Å²) in [4.78, 5) is 11.2. The Hall–Kier alpha value is 0.647. The Labute approximate surface area is 91.3 Å². The second kappa shape index (κ2) is 4.24. The van der Waals surface area contributed by atoms with Crippen molar-refractivity contribution in [2.75, 3.05) is 6.23 Å². The average Bonchev–Trinajstić information content (AvgIpc) is 1.78. The molecule has 0 unspecified atom stereocenters. The first kappa shape index (κ1) is 12.6. The van der Waals surface area contributed by atoms with Gasteiger partial charge < -0.3 is 4.74 Å². The van der Waals surface area contributed by atoms with Crippen molar-refractivity contribution in [3.05, 3.63) is 0 Å². The van der Waals surface area contributed by atoms with Crippen LogP contribution in [-0.4, -0.2) is 23.5 Å². The van der Waals surface area contributed by atoms with Gasteiger partial charge in [0.15, 0.2) is 3.23 Å². The van der Waals surface area contributed by atoms with Crippen LogP contribution in [0.1, 0.15) is 6.92 Å². The fourth-order valence-corrected chi connectivity index (χ4v) is 1.20. The molecule has 0 spiro atoms. The van der Waals surface area contributed by atoms with Crippen LogP contribution in [0.2, 0.25) is 19.6 Å². The predicted octanol–water partition coefficient (Wildman–Crippen LogP) is 2.91. The molecule has 0 aromatic carbocycles. The second-order valence-corrected chi connectivity index (χ2v) is 13.7. The van der Waals surface area contributed by atoms with E-state index < -0.39 is 11.3 Å². The van der Waals surface area contributed by atoms with Gasteiger partial charge in [0.2, 0.25) is 0 Å². The van der Waals surface area contributed by atoms with Crippen molar-refractivity contribution in [1.29, 1.82) is 0 Å². The van der Waals surface area contributed by atoms with Crippen molar-refractivity contribution in [3.8, 4) is 0 Å². The van der Waals surface area contributed by atoms with Crippen LogP contribution < -0.4 is 0 Å². The molecule has 2 nitrogen and oxygen atoms in total. The molecule has 0 fully saturated rings. The van der Waals surface area contributed by atoms with Crippen molar-refractivity contribution in [2.24, 2.45) is 0 Å². The molecule has 5 heteroatoms. The number of ether oxygens (including phenoxy) is 1. The van der Waals surface area contributed by atoms with Gasteiger partial charge in [0.05, 0.1) is 14.3 Å². The minimum absolute atomic E-state index is 0.259. The maximum atomic E-state index is 11.2.